The molecule has 0 radical (unpaired) electrons. The van der Waals surface area contributed by atoms with Crippen LogP contribution in [0.3, 0.4) is 0 Å². The molecule has 0 unspecified atom stereocenters. The number of rotatable bonds is 14. The molecule has 0 saturated heterocycles. The maximum Gasteiger partial charge on any atom is 0.0465 e. The van der Waals surface area contributed by atoms with Crippen LogP contribution in [0.15, 0.2) is 12.2 Å². The molecule has 0 saturated carbocycles. The fraction of sp³-hybridized carbons (Fsp3) is 0.882. The van der Waals surface area contributed by atoms with E-state index in [-0.39, 0.29) is 0 Å². The van der Waals surface area contributed by atoms with Crippen LogP contribution in [0, 0.1) is 0 Å². The molecule has 0 N–H and O–H groups in total. The predicted molar refractivity (Wildman–Crippen MR) is 82.1 cm³/mol. The quantitative estimate of drug-likeness (QED) is 0.277. The minimum atomic E-state index is 0.862. The summed E-state index contributed by atoms with van der Waals surface area (Å²) >= 11 is 0. The van der Waals surface area contributed by atoms with E-state index in [4.69, 9.17) is 4.74 Å². The van der Waals surface area contributed by atoms with Gasteiger partial charge in [-0.1, -0.05) is 57.6 Å². The molecule has 0 fully saturated rings. The number of allylic oxidation sites excluding steroid dienone is 2. The van der Waals surface area contributed by atoms with Crippen molar-refractivity contribution in [1.82, 2.24) is 0 Å². The van der Waals surface area contributed by atoms with Gasteiger partial charge in [0, 0.05) is 13.2 Å². The summed E-state index contributed by atoms with van der Waals surface area (Å²) in [6.45, 7) is 6.15. The summed E-state index contributed by atoms with van der Waals surface area (Å²) in [4.78, 5) is 0. The molecular weight excluding hydrogens is 220 g/mol. The summed E-state index contributed by atoms with van der Waals surface area (Å²) in [6, 6.07) is 0. The summed E-state index contributed by atoms with van der Waals surface area (Å²) in [5.41, 5.74) is 0. The summed E-state index contributed by atoms with van der Waals surface area (Å²) in [5, 5.41) is 0. The molecule has 0 aromatic carbocycles. The SMILES string of the molecule is CCCCCCC/C=C\CCCCCCOCC. The first-order chi connectivity index (χ1) is 8.91. The van der Waals surface area contributed by atoms with Gasteiger partial charge in [-0.25, -0.2) is 0 Å². The first-order valence-corrected chi connectivity index (χ1v) is 8.14. The van der Waals surface area contributed by atoms with Crippen molar-refractivity contribution < 1.29 is 4.74 Å². The van der Waals surface area contributed by atoms with Gasteiger partial charge in [-0.2, -0.15) is 0 Å². The van der Waals surface area contributed by atoms with Gasteiger partial charge < -0.3 is 4.74 Å². The molecule has 0 atom stereocenters. The van der Waals surface area contributed by atoms with Crippen molar-refractivity contribution in [3.63, 3.8) is 0 Å². The van der Waals surface area contributed by atoms with Gasteiger partial charge in [0.1, 0.15) is 0 Å². The van der Waals surface area contributed by atoms with Crippen LogP contribution in [-0.2, 0) is 4.74 Å². The minimum Gasteiger partial charge on any atom is -0.382 e. The van der Waals surface area contributed by atoms with Gasteiger partial charge in [0.05, 0.1) is 0 Å². The van der Waals surface area contributed by atoms with Gasteiger partial charge in [-0.3, -0.25) is 0 Å². The Morgan fingerprint density at radius 2 is 1.22 bits per heavy atom. The minimum absolute atomic E-state index is 0.862. The fourth-order valence-corrected chi connectivity index (χ4v) is 2.07. The zero-order valence-electron chi connectivity index (χ0n) is 12.8. The second-order valence-electron chi connectivity index (χ2n) is 5.07. The highest BCUT2D eigenvalue weighted by atomic mass is 16.5. The average molecular weight is 254 g/mol. The largest absolute Gasteiger partial charge is 0.382 e. The van der Waals surface area contributed by atoms with E-state index < -0.39 is 0 Å². The highest BCUT2D eigenvalue weighted by molar-refractivity contribution is 4.81. The van der Waals surface area contributed by atoms with Crippen LogP contribution in [0.5, 0.6) is 0 Å². The Hall–Kier alpha value is -0.300. The van der Waals surface area contributed by atoms with Crippen molar-refractivity contribution in [2.24, 2.45) is 0 Å². The Balaban J connectivity index is 3.00. The maximum atomic E-state index is 5.32. The van der Waals surface area contributed by atoms with E-state index in [1.54, 1.807) is 0 Å². The third kappa shape index (κ3) is 15.7. The van der Waals surface area contributed by atoms with Crippen LogP contribution in [0.4, 0.5) is 0 Å². The third-order valence-electron chi connectivity index (χ3n) is 3.25. The topological polar surface area (TPSA) is 9.23 Å². The van der Waals surface area contributed by atoms with E-state index >= 15 is 0 Å². The normalized spacial score (nSPS) is 11.4. The molecule has 0 aromatic heterocycles. The maximum absolute atomic E-state index is 5.32. The van der Waals surface area contributed by atoms with Crippen molar-refractivity contribution in [2.45, 2.75) is 84.5 Å². The highest BCUT2D eigenvalue weighted by Crippen LogP contribution is 2.07. The molecule has 0 amide bonds. The Labute approximate surface area is 115 Å². The number of unbranched alkanes of at least 4 members (excludes halogenated alkanes) is 9. The van der Waals surface area contributed by atoms with E-state index in [1.165, 1.54) is 70.6 Å². The molecular formula is C17H34O. The van der Waals surface area contributed by atoms with Gasteiger partial charge in [0.2, 0.25) is 0 Å². The summed E-state index contributed by atoms with van der Waals surface area (Å²) < 4.78 is 5.32. The molecule has 18 heavy (non-hydrogen) atoms. The number of hydrogen-bond donors (Lipinski definition) is 0. The number of ether oxygens (including phenoxy) is 1. The van der Waals surface area contributed by atoms with Crippen molar-refractivity contribution in [2.75, 3.05) is 13.2 Å². The Bertz CT molecular complexity index is 163. The highest BCUT2D eigenvalue weighted by Gasteiger charge is 1.89. The van der Waals surface area contributed by atoms with Crippen molar-refractivity contribution in [1.29, 1.82) is 0 Å². The zero-order valence-corrected chi connectivity index (χ0v) is 12.8. The van der Waals surface area contributed by atoms with Crippen LogP contribution < -0.4 is 0 Å². The van der Waals surface area contributed by atoms with Crippen molar-refractivity contribution in [3.05, 3.63) is 12.2 Å². The van der Waals surface area contributed by atoms with Gasteiger partial charge in [0.25, 0.3) is 0 Å². The van der Waals surface area contributed by atoms with E-state index in [0.717, 1.165) is 13.2 Å². The van der Waals surface area contributed by atoms with Crippen LogP contribution >= 0.6 is 0 Å². The lowest BCUT2D eigenvalue weighted by Crippen LogP contribution is -1.92. The molecule has 0 aromatic rings. The Morgan fingerprint density at radius 1 is 0.667 bits per heavy atom. The number of hydrogen-bond acceptors (Lipinski definition) is 1. The Kier molecular flexibility index (Phi) is 16.4. The summed E-state index contributed by atoms with van der Waals surface area (Å²) in [5.74, 6) is 0. The van der Waals surface area contributed by atoms with Crippen molar-refractivity contribution >= 4 is 0 Å². The summed E-state index contributed by atoms with van der Waals surface area (Å²) in [7, 11) is 0. The monoisotopic (exact) mass is 254 g/mol. The molecule has 0 spiro atoms. The molecule has 0 bridgehead atoms. The second-order valence-corrected chi connectivity index (χ2v) is 5.07. The van der Waals surface area contributed by atoms with Crippen LogP contribution in [0.2, 0.25) is 0 Å². The van der Waals surface area contributed by atoms with Crippen LogP contribution in [-0.4, -0.2) is 13.2 Å². The molecule has 1 nitrogen and oxygen atoms in total. The molecule has 0 heterocycles. The van der Waals surface area contributed by atoms with E-state index in [9.17, 15) is 0 Å². The van der Waals surface area contributed by atoms with E-state index in [0.29, 0.717) is 0 Å². The average Bonchev–Trinajstić information content (AvgIpc) is 2.39. The summed E-state index contributed by atoms with van der Waals surface area (Å²) in [6.07, 6.45) is 19.5. The van der Waals surface area contributed by atoms with E-state index in [2.05, 4.69) is 26.0 Å². The third-order valence-corrected chi connectivity index (χ3v) is 3.25. The smallest absolute Gasteiger partial charge is 0.0465 e. The molecule has 0 aliphatic rings. The lowest BCUT2D eigenvalue weighted by Gasteiger charge is -2.00. The first-order valence-electron chi connectivity index (χ1n) is 8.14. The first kappa shape index (κ1) is 17.7. The van der Waals surface area contributed by atoms with E-state index in [1.807, 2.05) is 0 Å². The molecule has 1 heteroatoms. The van der Waals surface area contributed by atoms with Crippen LogP contribution in [0.25, 0.3) is 0 Å². The van der Waals surface area contributed by atoms with Crippen molar-refractivity contribution in [3.8, 4) is 0 Å². The van der Waals surface area contributed by atoms with Gasteiger partial charge in [0.15, 0.2) is 0 Å². The second kappa shape index (κ2) is 16.7. The molecule has 0 rings (SSSR count). The standard InChI is InChI=1S/C17H34O/c1-3-5-6-7-8-9-10-11-12-13-14-15-16-17-18-4-2/h10-11H,3-9,12-17H2,1-2H3/b11-10-. The zero-order chi connectivity index (χ0) is 13.3. The molecule has 0 aliphatic carbocycles. The Morgan fingerprint density at radius 3 is 1.78 bits per heavy atom. The van der Waals surface area contributed by atoms with Gasteiger partial charge in [-0.05, 0) is 39.0 Å². The predicted octanol–water partition coefficient (Wildman–Crippen LogP) is 5.89. The lowest BCUT2D eigenvalue weighted by atomic mass is 10.1. The van der Waals surface area contributed by atoms with Gasteiger partial charge >= 0.3 is 0 Å². The van der Waals surface area contributed by atoms with Gasteiger partial charge in [-0.15, -0.1) is 0 Å². The fourth-order valence-electron chi connectivity index (χ4n) is 2.07. The van der Waals surface area contributed by atoms with Crippen LogP contribution in [0.1, 0.15) is 84.5 Å². The molecule has 0 aliphatic heterocycles. The molecule has 108 valence electrons. The lowest BCUT2D eigenvalue weighted by molar-refractivity contribution is 0.143.